The van der Waals surface area contributed by atoms with Crippen LogP contribution in [0.25, 0.3) is 0 Å². The van der Waals surface area contributed by atoms with Crippen LogP contribution in [0.3, 0.4) is 0 Å². The van der Waals surface area contributed by atoms with E-state index >= 15 is 0 Å². The molecule has 0 spiro atoms. The van der Waals surface area contributed by atoms with Crippen LogP contribution in [-0.4, -0.2) is 11.1 Å². The molecule has 0 amide bonds. The predicted molar refractivity (Wildman–Crippen MR) is 65.4 cm³/mol. The van der Waals surface area contributed by atoms with E-state index in [-0.39, 0.29) is 15.7 Å². The Bertz CT molecular complexity index is 612. The first kappa shape index (κ1) is 13.0. The van der Waals surface area contributed by atoms with Gasteiger partial charge in [0.2, 0.25) is 5.82 Å². The molecule has 0 saturated heterocycles. The molecule has 1 aromatic heterocycles. The molecule has 94 valence electrons. The van der Waals surface area contributed by atoms with E-state index in [0.717, 1.165) is 17.4 Å². The van der Waals surface area contributed by atoms with Gasteiger partial charge in [-0.05, 0) is 24.3 Å². The molecule has 1 aromatic carbocycles. The van der Waals surface area contributed by atoms with Crippen LogP contribution in [-0.2, 0) is 0 Å². The molecule has 7 heteroatoms. The molecule has 0 bridgehead atoms. The van der Waals surface area contributed by atoms with E-state index in [1.54, 1.807) is 0 Å². The summed E-state index contributed by atoms with van der Waals surface area (Å²) in [5, 5.41) is 8.89. The van der Waals surface area contributed by atoms with Gasteiger partial charge in [0.1, 0.15) is 4.88 Å². The van der Waals surface area contributed by atoms with Crippen LogP contribution in [0.4, 0.5) is 8.78 Å². The second-order valence-electron chi connectivity index (χ2n) is 3.23. The zero-order valence-electron chi connectivity index (χ0n) is 8.62. The van der Waals surface area contributed by atoms with Crippen molar-refractivity contribution in [2.75, 3.05) is 0 Å². The summed E-state index contributed by atoms with van der Waals surface area (Å²) in [4.78, 5) is 10.7. The Hall–Kier alpha value is -1.47. The SMILES string of the molecule is O=C(O)c1ccc(Oc2cc(Br)cc(F)c2F)s1. The van der Waals surface area contributed by atoms with Crippen molar-refractivity contribution in [1.29, 1.82) is 0 Å². The summed E-state index contributed by atoms with van der Waals surface area (Å²) in [5.41, 5.74) is 0. The van der Waals surface area contributed by atoms with Crippen LogP contribution in [0, 0.1) is 11.6 Å². The summed E-state index contributed by atoms with van der Waals surface area (Å²) in [5.74, 6) is -3.57. The number of carboxylic acids is 1. The van der Waals surface area contributed by atoms with Gasteiger partial charge >= 0.3 is 5.97 Å². The lowest BCUT2D eigenvalue weighted by atomic mass is 10.3. The van der Waals surface area contributed by atoms with Crippen molar-refractivity contribution in [3.63, 3.8) is 0 Å². The van der Waals surface area contributed by atoms with E-state index in [1.165, 1.54) is 18.2 Å². The minimum Gasteiger partial charge on any atom is -0.477 e. The average molecular weight is 335 g/mol. The fraction of sp³-hybridized carbons (Fsp3) is 0. The summed E-state index contributed by atoms with van der Waals surface area (Å²) in [6.45, 7) is 0. The average Bonchev–Trinajstić information content (AvgIpc) is 2.74. The Morgan fingerprint density at radius 1 is 1.33 bits per heavy atom. The lowest BCUT2D eigenvalue weighted by Gasteiger charge is -2.05. The van der Waals surface area contributed by atoms with E-state index in [4.69, 9.17) is 9.84 Å². The van der Waals surface area contributed by atoms with Crippen LogP contribution in [0.15, 0.2) is 28.7 Å². The molecule has 0 aliphatic rings. The molecule has 1 N–H and O–H groups in total. The molecule has 0 aliphatic carbocycles. The summed E-state index contributed by atoms with van der Waals surface area (Å²) >= 11 is 3.84. The van der Waals surface area contributed by atoms with Crippen LogP contribution >= 0.6 is 27.3 Å². The number of rotatable bonds is 3. The maximum Gasteiger partial charge on any atom is 0.345 e. The van der Waals surface area contributed by atoms with Gasteiger partial charge in [0.25, 0.3) is 0 Å². The van der Waals surface area contributed by atoms with E-state index in [0.29, 0.717) is 4.47 Å². The lowest BCUT2D eigenvalue weighted by molar-refractivity contribution is 0.0702. The Morgan fingerprint density at radius 2 is 2.06 bits per heavy atom. The molecular formula is C11H5BrF2O3S. The number of thiophene rings is 1. The molecule has 2 rings (SSSR count). The second kappa shape index (κ2) is 5.03. The number of aromatic carboxylic acids is 1. The number of benzene rings is 1. The van der Waals surface area contributed by atoms with Crippen LogP contribution in [0.1, 0.15) is 9.67 Å². The van der Waals surface area contributed by atoms with Gasteiger partial charge in [-0.1, -0.05) is 27.3 Å². The molecular weight excluding hydrogens is 330 g/mol. The summed E-state index contributed by atoms with van der Waals surface area (Å²) in [7, 11) is 0. The van der Waals surface area contributed by atoms with Gasteiger partial charge in [-0.15, -0.1) is 0 Å². The maximum atomic E-state index is 13.4. The third kappa shape index (κ3) is 2.68. The second-order valence-corrected chi connectivity index (χ2v) is 5.19. The van der Waals surface area contributed by atoms with Crippen LogP contribution < -0.4 is 4.74 Å². The maximum absolute atomic E-state index is 13.4. The number of halogens is 3. The predicted octanol–water partition coefficient (Wildman–Crippen LogP) is 4.28. The van der Waals surface area contributed by atoms with Gasteiger partial charge in [0, 0.05) is 4.47 Å². The fourth-order valence-corrected chi connectivity index (χ4v) is 2.32. The van der Waals surface area contributed by atoms with Crippen molar-refractivity contribution in [2.24, 2.45) is 0 Å². The third-order valence-corrected chi connectivity index (χ3v) is 3.37. The molecule has 0 unspecified atom stereocenters. The number of hydrogen-bond acceptors (Lipinski definition) is 3. The molecule has 0 saturated carbocycles. The standard InChI is InChI=1S/C11H5BrF2O3S/c12-5-3-6(13)10(14)7(4-5)17-9-2-1-8(18-9)11(15)16/h1-4H,(H,15,16). The molecule has 0 aliphatic heterocycles. The van der Waals surface area contributed by atoms with Crippen molar-refractivity contribution in [3.8, 4) is 10.8 Å². The zero-order valence-corrected chi connectivity index (χ0v) is 11.0. The van der Waals surface area contributed by atoms with E-state index in [2.05, 4.69) is 15.9 Å². The topological polar surface area (TPSA) is 46.5 Å². The normalized spacial score (nSPS) is 10.4. The number of carbonyl (C=O) groups is 1. The number of ether oxygens (including phenoxy) is 1. The fourth-order valence-electron chi connectivity index (χ4n) is 1.20. The first-order chi connectivity index (χ1) is 8.47. The minimum atomic E-state index is -1.12. The van der Waals surface area contributed by atoms with Crippen molar-refractivity contribution in [3.05, 3.63) is 45.2 Å². The molecule has 3 nitrogen and oxygen atoms in total. The Morgan fingerprint density at radius 3 is 2.67 bits per heavy atom. The number of carboxylic acid groups (broad SMARTS) is 1. The Labute approximate surface area is 113 Å². The zero-order chi connectivity index (χ0) is 13.3. The molecule has 2 aromatic rings. The highest BCUT2D eigenvalue weighted by Gasteiger charge is 2.14. The molecule has 18 heavy (non-hydrogen) atoms. The lowest BCUT2D eigenvalue weighted by Crippen LogP contribution is -1.91. The number of hydrogen-bond donors (Lipinski definition) is 1. The van der Waals surface area contributed by atoms with Crippen molar-refractivity contribution in [1.82, 2.24) is 0 Å². The third-order valence-electron chi connectivity index (χ3n) is 1.96. The van der Waals surface area contributed by atoms with Crippen molar-refractivity contribution >= 4 is 33.2 Å². The highest BCUT2D eigenvalue weighted by atomic mass is 79.9. The smallest absolute Gasteiger partial charge is 0.345 e. The van der Waals surface area contributed by atoms with E-state index in [1.807, 2.05) is 0 Å². The quantitative estimate of drug-likeness (QED) is 0.852. The monoisotopic (exact) mass is 334 g/mol. The van der Waals surface area contributed by atoms with Crippen molar-refractivity contribution in [2.45, 2.75) is 0 Å². The van der Waals surface area contributed by atoms with Crippen LogP contribution in [0.5, 0.6) is 10.8 Å². The molecule has 0 atom stereocenters. The molecule has 0 fully saturated rings. The highest BCUT2D eigenvalue weighted by molar-refractivity contribution is 9.10. The minimum absolute atomic E-state index is 0.0564. The molecule has 0 radical (unpaired) electrons. The molecule has 1 heterocycles. The Kier molecular flexibility index (Phi) is 3.63. The van der Waals surface area contributed by atoms with Gasteiger partial charge in [-0.3, -0.25) is 0 Å². The van der Waals surface area contributed by atoms with Crippen LogP contribution in [0.2, 0.25) is 0 Å². The van der Waals surface area contributed by atoms with Crippen molar-refractivity contribution < 1.29 is 23.4 Å². The summed E-state index contributed by atoms with van der Waals surface area (Å²) < 4.78 is 31.9. The van der Waals surface area contributed by atoms with Gasteiger partial charge in [-0.25, -0.2) is 9.18 Å². The van der Waals surface area contributed by atoms with Gasteiger partial charge < -0.3 is 9.84 Å². The van der Waals surface area contributed by atoms with E-state index in [9.17, 15) is 13.6 Å². The van der Waals surface area contributed by atoms with Gasteiger partial charge in [0.05, 0.1) is 0 Å². The van der Waals surface area contributed by atoms with E-state index < -0.39 is 17.6 Å². The Balaban J connectivity index is 2.30. The first-order valence-corrected chi connectivity index (χ1v) is 6.24. The highest BCUT2D eigenvalue weighted by Crippen LogP contribution is 2.33. The van der Waals surface area contributed by atoms with Gasteiger partial charge in [0.15, 0.2) is 16.6 Å². The largest absolute Gasteiger partial charge is 0.477 e. The van der Waals surface area contributed by atoms with Gasteiger partial charge in [-0.2, -0.15) is 4.39 Å². The summed E-state index contributed by atoms with van der Waals surface area (Å²) in [6.07, 6.45) is 0. The summed E-state index contributed by atoms with van der Waals surface area (Å²) in [6, 6.07) is 4.94. The first-order valence-electron chi connectivity index (χ1n) is 4.63.